The molecule has 0 aliphatic rings. The summed E-state index contributed by atoms with van der Waals surface area (Å²) < 4.78 is 0. The maximum Gasteiger partial charge on any atom is 0.275 e. The second-order valence-electron chi connectivity index (χ2n) is 5.99. The Kier molecular flexibility index (Phi) is 5.60. The lowest BCUT2D eigenvalue weighted by atomic mass is 9.96. The minimum Gasteiger partial charge on any atom is -0.398 e. The highest BCUT2D eigenvalue weighted by Crippen LogP contribution is 2.23. The van der Waals surface area contributed by atoms with Crippen LogP contribution in [0.2, 0.25) is 0 Å². The molecule has 0 spiro atoms. The van der Waals surface area contributed by atoms with Gasteiger partial charge in [-0.05, 0) is 54.8 Å². The van der Waals surface area contributed by atoms with Gasteiger partial charge in [-0.15, -0.1) is 11.3 Å². The molecule has 0 aliphatic carbocycles. The van der Waals surface area contributed by atoms with Crippen molar-refractivity contribution in [3.8, 4) is 0 Å². The Morgan fingerprint density at radius 3 is 2.73 bits per heavy atom. The SMILES string of the molecule is Cc1cc(N)c(Cc2ccncc2)c(C(=O)NOCc2csc(C)n2)c1. The van der Waals surface area contributed by atoms with Crippen molar-refractivity contribution < 1.29 is 9.63 Å². The summed E-state index contributed by atoms with van der Waals surface area (Å²) in [6.07, 6.45) is 3.99. The van der Waals surface area contributed by atoms with Gasteiger partial charge in [-0.2, -0.15) is 0 Å². The zero-order valence-electron chi connectivity index (χ0n) is 14.7. The molecule has 7 heteroatoms. The third-order valence-corrected chi connectivity index (χ3v) is 4.68. The second-order valence-corrected chi connectivity index (χ2v) is 7.05. The number of nitrogens with two attached hydrogens (primary N) is 1. The van der Waals surface area contributed by atoms with Crippen LogP contribution in [0, 0.1) is 13.8 Å². The summed E-state index contributed by atoms with van der Waals surface area (Å²) in [5, 5.41) is 2.86. The molecule has 0 fully saturated rings. The molecule has 1 amide bonds. The number of carbonyl (C=O) groups excluding carboxylic acids is 1. The van der Waals surface area contributed by atoms with E-state index in [-0.39, 0.29) is 12.5 Å². The second kappa shape index (κ2) is 8.07. The average molecular weight is 368 g/mol. The summed E-state index contributed by atoms with van der Waals surface area (Å²) >= 11 is 1.54. The number of nitrogens with zero attached hydrogens (tertiary/aromatic N) is 2. The van der Waals surface area contributed by atoms with Crippen LogP contribution in [0.3, 0.4) is 0 Å². The van der Waals surface area contributed by atoms with E-state index in [1.807, 2.05) is 43.5 Å². The van der Waals surface area contributed by atoms with Crippen LogP contribution in [-0.2, 0) is 17.9 Å². The molecule has 3 N–H and O–H groups in total. The van der Waals surface area contributed by atoms with Gasteiger partial charge in [0.2, 0.25) is 0 Å². The van der Waals surface area contributed by atoms with Crippen LogP contribution in [0.15, 0.2) is 42.0 Å². The van der Waals surface area contributed by atoms with E-state index in [1.54, 1.807) is 23.7 Å². The van der Waals surface area contributed by atoms with Crippen molar-refractivity contribution in [3.63, 3.8) is 0 Å². The number of carbonyl (C=O) groups is 1. The minimum absolute atomic E-state index is 0.219. The van der Waals surface area contributed by atoms with Gasteiger partial charge in [0.15, 0.2) is 0 Å². The Morgan fingerprint density at radius 1 is 1.27 bits per heavy atom. The van der Waals surface area contributed by atoms with E-state index in [0.29, 0.717) is 17.7 Å². The molecule has 0 atom stereocenters. The molecule has 0 saturated heterocycles. The minimum atomic E-state index is -0.323. The van der Waals surface area contributed by atoms with E-state index in [4.69, 9.17) is 10.6 Å². The number of anilines is 1. The number of nitrogen functional groups attached to an aromatic ring is 1. The number of hydroxylamine groups is 1. The van der Waals surface area contributed by atoms with Gasteiger partial charge < -0.3 is 5.73 Å². The Hall–Kier alpha value is -2.77. The maximum atomic E-state index is 12.6. The van der Waals surface area contributed by atoms with Crippen LogP contribution < -0.4 is 11.2 Å². The first kappa shape index (κ1) is 18.0. The third-order valence-electron chi connectivity index (χ3n) is 3.86. The molecular weight excluding hydrogens is 348 g/mol. The van der Waals surface area contributed by atoms with Crippen molar-refractivity contribution in [1.82, 2.24) is 15.4 Å². The molecule has 2 aromatic heterocycles. The van der Waals surface area contributed by atoms with Crippen molar-refractivity contribution in [1.29, 1.82) is 0 Å². The zero-order valence-corrected chi connectivity index (χ0v) is 15.5. The van der Waals surface area contributed by atoms with E-state index in [9.17, 15) is 4.79 Å². The molecule has 2 heterocycles. The van der Waals surface area contributed by atoms with E-state index in [2.05, 4.69) is 15.4 Å². The van der Waals surface area contributed by atoms with Crippen molar-refractivity contribution in [3.05, 3.63) is 75.0 Å². The lowest BCUT2D eigenvalue weighted by Crippen LogP contribution is -2.25. The van der Waals surface area contributed by atoms with Crippen molar-refractivity contribution >= 4 is 22.9 Å². The first-order valence-electron chi connectivity index (χ1n) is 8.14. The third kappa shape index (κ3) is 4.44. The number of rotatable bonds is 6. The number of thiazole rings is 1. The summed E-state index contributed by atoms with van der Waals surface area (Å²) in [6.45, 7) is 4.05. The molecule has 0 aliphatic heterocycles. The smallest absolute Gasteiger partial charge is 0.275 e. The number of aryl methyl sites for hydroxylation is 2. The summed E-state index contributed by atoms with van der Waals surface area (Å²) in [6, 6.07) is 7.49. The molecule has 0 bridgehead atoms. The molecule has 134 valence electrons. The standard InChI is InChI=1S/C19H20N4O2S/c1-12-7-17(19(24)23-25-10-15-11-26-13(2)22-15)16(18(20)8-12)9-14-3-5-21-6-4-14/h3-8,11H,9-10,20H2,1-2H3,(H,23,24). The molecule has 1 aromatic carbocycles. The molecule has 26 heavy (non-hydrogen) atoms. The van der Waals surface area contributed by atoms with Crippen molar-refractivity contribution in [2.24, 2.45) is 0 Å². The normalized spacial score (nSPS) is 10.7. The molecule has 0 saturated carbocycles. The quantitative estimate of drug-likeness (QED) is 0.515. The van der Waals surface area contributed by atoms with Gasteiger partial charge >= 0.3 is 0 Å². The Bertz CT molecular complexity index is 909. The highest BCUT2D eigenvalue weighted by molar-refractivity contribution is 7.09. The molecule has 3 rings (SSSR count). The first-order chi connectivity index (χ1) is 12.5. The number of hydrogen-bond donors (Lipinski definition) is 2. The summed E-state index contributed by atoms with van der Waals surface area (Å²) in [7, 11) is 0. The van der Waals surface area contributed by atoms with Gasteiger partial charge in [-0.3, -0.25) is 14.6 Å². The lowest BCUT2D eigenvalue weighted by molar-refractivity contribution is 0.0223. The van der Waals surface area contributed by atoms with Gasteiger partial charge in [0, 0.05) is 35.4 Å². The number of amides is 1. The van der Waals surface area contributed by atoms with Crippen LogP contribution in [-0.4, -0.2) is 15.9 Å². The largest absolute Gasteiger partial charge is 0.398 e. The van der Waals surface area contributed by atoms with Gasteiger partial charge in [0.1, 0.15) is 6.61 Å². The fourth-order valence-electron chi connectivity index (χ4n) is 2.65. The predicted molar refractivity (Wildman–Crippen MR) is 102 cm³/mol. The van der Waals surface area contributed by atoms with Crippen LogP contribution in [0.5, 0.6) is 0 Å². The van der Waals surface area contributed by atoms with Gasteiger partial charge in [-0.1, -0.05) is 0 Å². The number of nitrogens with one attached hydrogen (secondary N) is 1. The van der Waals surface area contributed by atoms with Gasteiger partial charge in [0.05, 0.1) is 10.7 Å². The highest BCUT2D eigenvalue weighted by atomic mass is 32.1. The fraction of sp³-hybridized carbons (Fsp3) is 0.211. The van der Waals surface area contributed by atoms with E-state index in [0.717, 1.165) is 27.4 Å². The Morgan fingerprint density at radius 2 is 2.04 bits per heavy atom. The van der Waals surface area contributed by atoms with Crippen molar-refractivity contribution in [2.75, 3.05) is 5.73 Å². The van der Waals surface area contributed by atoms with Gasteiger partial charge in [0.25, 0.3) is 5.91 Å². The van der Waals surface area contributed by atoms with Crippen LogP contribution in [0.1, 0.15) is 37.7 Å². The van der Waals surface area contributed by atoms with Crippen LogP contribution in [0.4, 0.5) is 5.69 Å². The lowest BCUT2D eigenvalue weighted by Gasteiger charge is -2.14. The molecule has 0 unspecified atom stereocenters. The van der Waals surface area contributed by atoms with E-state index < -0.39 is 0 Å². The van der Waals surface area contributed by atoms with Crippen LogP contribution in [0.25, 0.3) is 0 Å². The highest BCUT2D eigenvalue weighted by Gasteiger charge is 2.16. The monoisotopic (exact) mass is 368 g/mol. The average Bonchev–Trinajstić information content (AvgIpc) is 3.03. The number of hydrogen-bond acceptors (Lipinski definition) is 6. The number of aromatic nitrogens is 2. The van der Waals surface area contributed by atoms with Crippen LogP contribution >= 0.6 is 11.3 Å². The number of pyridine rings is 1. The van der Waals surface area contributed by atoms with E-state index in [1.165, 1.54) is 0 Å². The molecule has 0 radical (unpaired) electrons. The topological polar surface area (TPSA) is 90.1 Å². The molecular formula is C19H20N4O2S. The Labute approximate surface area is 156 Å². The van der Waals surface area contributed by atoms with Gasteiger partial charge in [-0.25, -0.2) is 10.5 Å². The van der Waals surface area contributed by atoms with E-state index >= 15 is 0 Å². The first-order valence-corrected chi connectivity index (χ1v) is 9.02. The summed E-state index contributed by atoms with van der Waals surface area (Å²) in [5.41, 5.74) is 13.3. The maximum absolute atomic E-state index is 12.6. The fourth-order valence-corrected chi connectivity index (χ4v) is 3.25. The molecule has 3 aromatic rings. The number of benzene rings is 1. The van der Waals surface area contributed by atoms with Crippen molar-refractivity contribution in [2.45, 2.75) is 26.9 Å². The Balaban J connectivity index is 1.75. The summed E-state index contributed by atoms with van der Waals surface area (Å²) in [4.78, 5) is 26.3. The summed E-state index contributed by atoms with van der Waals surface area (Å²) in [5.74, 6) is -0.323. The predicted octanol–water partition coefficient (Wildman–Crippen LogP) is 3.19. The zero-order chi connectivity index (χ0) is 18.5. The molecule has 6 nitrogen and oxygen atoms in total.